The SMILES string of the molecule is C[C@H](NC(=O)NCc1cccc(NC(=O)C2CC2)c1)c1ccccc1Cl. The van der Waals surface area contributed by atoms with Gasteiger partial charge in [0, 0.05) is 23.2 Å². The van der Waals surface area contributed by atoms with E-state index in [9.17, 15) is 9.59 Å². The van der Waals surface area contributed by atoms with Gasteiger partial charge in [0.15, 0.2) is 0 Å². The van der Waals surface area contributed by atoms with Gasteiger partial charge in [0.05, 0.1) is 6.04 Å². The summed E-state index contributed by atoms with van der Waals surface area (Å²) in [5, 5.41) is 9.24. The second kappa shape index (κ2) is 8.23. The number of anilines is 1. The number of carbonyl (C=O) groups is 2. The predicted octanol–water partition coefficient (Wildman–Crippen LogP) is 4.25. The molecule has 6 heteroatoms. The lowest BCUT2D eigenvalue weighted by molar-refractivity contribution is -0.117. The van der Waals surface area contributed by atoms with Crippen LogP contribution in [0.1, 0.15) is 36.9 Å². The van der Waals surface area contributed by atoms with Crippen LogP contribution < -0.4 is 16.0 Å². The van der Waals surface area contributed by atoms with Gasteiger partial charge >= 0.3 is 6.03 Å². The molecular weight excluding hydrogens is 350 g/mol. The third-order valence-electron chi connectivity index (χ3n) is 4.32. The van der Waals surface area contributed by atoms with Gasteiger partial charge in [-0.05, 0) is 49.1 Å². The Kier molecular flexibility index (Phi) is 5.78. The number of hydrogen-bond donors (Lipinski definition) is 3. The molecule has 3 amide bonds. The Labute approximate surface area is 158 Å². The van der Waals surface area contributed by atoms with E-state index in [0.29, 0.717) is 11.6 Å². The van der Waals surface area contributed by atoms with Gasteiger partial charge in [-0.15, -0.1) is 0 Å². The third-order valence-corrected chi connectivity index (χ3v) is 4.66. The molecule has 3 N–H and O–H groups in total. The van der Waals surface area contributed by atoms with Crippen molar-refractivity contribution in [2.75, 3.05) is 5.32 Å². The van der Waals surface area contributed by atoms with Gasteiger partial charge in [0.2, 0.25) is 5.91 Å². The van der Waals surface area contributed by atoms with Gasteiger partial charge < -0.3 is 16.0 Å². The van der Waals surface area contributed by atoms with Crippen molar-refractivity contribution >= 4 is 29.2 Å². The fourth-order valence-corrected chi connectivity index (χ4v) is 2.98. The summed E-state index contributed by atoms with van der Waals surface area (Å²) in [4.78, 5) is 24.0. The number of amides is 3. The lowest BCUT2D eigenvalue weighted by Gasteiger charge is -2.16. The molecule has 0 aliphatic heterocycles. The molecule has 0 saturated heterocycles. The van der Waals surface area contributed by atoms with Crippen molar-refractivity contribution < 1.29 is 9.59 Å². The first kappa shape index (κ1) is 18.3. The molecule has 26 heavy (non-hydrogen) atoms. The minimum Gasteiger partial charge on any atom is -0.334 e. The number of nitrogens with one attached hydrogen (secondary N) is 3. The summed E-state index contributed by atoms with van der Waals surface area (Å²) >= 11 is 6.15. The highest BCUT2D eigenvalue weighted by Gasteiger charge is 2.29. The lowest BCUT2D eigenvalue weighted by Crippen LogP contribution is -2.36. The number of hydrogen-bond acceptors (Lipinski definition) is 2. The summed E-state index contributed by atoms with van der Waals surface area (Å²) in [7, 11) is 0. The second-order valence-corrected chi connectivity index (χ2v) is 6.94. The topological polar surface area (TPSA) is 70.2 Å². The van der Waals surface area contributed by atoms with E-state index in [-0.39, 0.29) is 23.9 Å². The van der Waals surface area contributed by atoms with E-state index in [0.717, 1.165) is 29.7 Å². The number of rotatable bonds is 6. The van der Waals surface area contributed by atoms with Gasteiger partial charge in [-0.3, -0.25) is 4.79 Å². The van der Waals surface area contributed by atoms with Crippen LogP contribution in [-0.4, -0.2) is 11.9 Å². The molecule has 1 atom stereocenters. The van der Waals surface area contributed by atoms with Gasteiger partial charge in [0.25, 0.3) is 0 Å². The molecule has 1 fully saturated rings. The van der Waals surface area contributed by atoms with Gasteiger partial charge in [0.1, 0.15) is 0 Å². The third kappa shape index (κ3) is 4.99. The van der Waals surface area contributed by atoms with Crippen molar-refractivity contribution in [1.82, 2.24) is 10.6 Å². The molecule has 2 aromatic rings. The van der Waals surface area contributed by atoms with Crippen LogP contribution in [0.25, 0.3) is 0 Å². The molecule has 1 aliphatic rings. The van der Waals surface area contributed by atoms with Crippen LogP contribution in [0.3, 0.4) is 0 Å². The molecule has 136 valence electrons. The van der Waals surface area contributed by atoms with Crippen molar-refractivity contribution in [2.24, 2.45) is 5.92 Å². The fraction of sp³-hybridized carbons (Fsp3) is 0.300. The van der Waals surface area contributed by atoms with Crippen molar-refractivity contribution in [3.8, 4) is 0 Å². The summed E-state index contributed by atoms with van der Waals surface area (Å²) in [6, 6.07) is 14.5. The highest BCUT2D eigenvalue weighted by atomic mass is 35.5. The predicted molar refractivity (Wildman–Crippen MR) is 103 cm³/mol. The van der Waals surface area contributed by atoms with Crippen molar-refractivity contribution in [2.45, 2.75) is 32.4 Å². The van der Waals surface area contributed by atoms with E-state index in [2.05, 4.69) is 16.0 Å². The standard InChI is InChI=1S/C20H22ClN3O2/c1-13(17-7-2-3-8-18(17)21)23-20(26)22-12-14-5-4-6-16(11-14)24-19(25)15-9-10-15/h2-8,11,13,15H,9-10,12H2,1H3,(H,24,25)(H2,22,23,26)/t13-/m0/s1. The van der Waals surface area contributed by atoms with Crippen molar-refractivity contribution in [3.63, 3.8) is 0 Å². The van der Waals surface area contributed by atoms with Crippen LogP contribution in [-0.2, 0) is 11.3 Å². The van der Waals surface area contributed by atoms with Crippen LogP contribution in [0.4, 0.5) is 10.5 Å². The summed E-state index contributed by atoms with van der Waals surface area (Å²) < 4.78 is 0. The zero-order valence-electron chi connectivity index (χ0n) is 14.6. The Morgan fingerprint density at radius 2 is 1.92 bits per heavy atom. The first-order valence-corrected chi connectivity index (χ1v) is 9.09. The molecule has 0 aromatic heterocycles. The number of halogens is 1. The summed E-state index contributed by atoms with van der Waals surface area (Å²) in [6.45, 7) is 2.25. The zero-order chi connectivity index (χ0) is 18.5. The minimum absolute atomic E-state index is 0.0708. The fourth-order valence-electron chi connectivity index (χ4n) is 2.68. The molecule has 1 aliphatic carbocycles. The molecule has 1 saturated carbocycles. The molecule has 0 radical (unpaired) electrons. The summed E-state index contributed by atoms with van der Waals surface area (Å²) in [5.41, 5.74) is 2.54. The average molecular weight is 372 g/mol. The Morgan fingerprint density at radius 3 is 2.65 bits per heavy atom. The van der Waals surface area contributed by atoms with Crippen LogP contribution in [0.15, 0.2) is 48.5 Å². The maximum Gasteiger partial charge on any atom is 0.315 e. The van der Waals surface area contributed by atoms with Gasteiger partial charge in [-0.1, -0.05) is 41.9 Å². The quantitative estimate of drug-likeness (QED) is 0.710. The Bertz CT molecular complexity index is 805. The van der Waals surface area contributed by atoms with E-state index in [1.54, 1.807) is 6.07 Å². The highest BCUT2D eigenvalue weighted by Crippen LogP contribution is 2.30. The molecule has 0 heterocycles. The molecule has 0 unspecified atom stereocenters. The van der Waals surface area contributed by atoms with Crippen LogP contribution in [0.2, 0.25) is 5.02 Å². The van der Waals surface area contributed by atoms with Crippen LogP contribution in [0.5, 0.6) is 0 Å². The maximum atomic E-state index is 12.1. The van der Waals surface area contributed by atoms with E-state index >= 15 is 0 Å². The first-order chi connectivity index (χ1) is 12.5. The van der Waals surface area contributed by atoms with E-state index < -0.39 is 0 Å². The number of urea groups is 1. The minimum atomic E-state index is -0.273. The van der Waals surface area contributed by atoms with Crippen molar-refractivity contribution in [3.05, 3.63) is 64.7 Å². The lowest BCUT2D eigenvalue weighted by atomic mass is 10.1. The Balaban J connectivity index is 1.51. The molecular formula is C20H22ClN3O2. The first-order valence-electron chi connectivity index (χ1n) is 8.71. The average Bonchev–Trinajstić information content (AvgIpc) is 3.46. The highest BCUT2D eigenvalue weighted by molar-refractivity contribution is 6.31. The van der Waals surface area contributed by atoms with Crippen molar-refractivity contribution in [1.29, 1.82) is 0 Å². The monoisotopic (exact) mass is 371 g/mol. The number of benzene rings is 2. The molecule has 5 nitrogen and oxygen atoms in total. The Hall–Kier alpha value is -2.53. The van der Waals surface area contributed by atoms with E-state index in [1.165, 1.54) is 0 Å². The smallest absolute Gasteiger partial charge is 0.315 e. The zero-order valence-corrected chi connectivity index (χ0v) is 15.3. The second-order valence-electron chi connectivity index (χ2n) is 6.53. The van der Waals surface area contributed by atoms with Gasteiger partial charge in [-0.2, -0.15) is 0 Å². The van der Waals surface area contributed by atoms with E-state index in [1.807, 2.05) is 49.4 Å². The van der Waals surface area contributed by atoms with Crippen LogP contribution >= 0.6 is 11.6 Å². The summed E-state index contributed by atoms with van der Waals surface area (Å²) in [5.74, 6) is 0.232. The normalized spacial score (nSPS) is 14.4. The number of carbonyl (C=O) groups excluding carboxylic acids is 2. The molecule has 0 spiro atoms. The Morgan fingerprint density at radius 1 is 1.15 bits per heavy atom. The molecule has 0 bridgehead atoms. The maximum absolute atomic E-state index is 12.1. The molecule has 3 rings (SSSR count). The van der Waals surface area contributed by atoms with Crippen LogP contribution in [0, 0.1) is 5.92 Å². The van der Waals surface area contributed by atoms with Gasteiger partial charge in [-0.25, -0.2) is 4.79 Å². The largest absolute Gasteiger partial charge is 0.334 e. The molecule has 2 aromatic carbocycles. The summed E-state index contributed by atoms with van der Waals surface area (Å²) in [6.07, 6.45) is 1.94. The van der Waals surface area contributed by atoms with E-state index in [4.69, 9.17) is 11.6 Å².